The third kappa shape index (κ3) is 8.71. The molecule has 0 atom stereocenters. The Morgan fingerprint density at radius 3 is 1.71 bits per heavy atom. The number of aromatic nitrogens is 5. The van der Waals surface area contributed by atoms with E-state index < -0.39 is 23.3 Å². The monoisotopic (exact) mass is 868 g/mol. The molecule has 0 unspecified atom stereocenters. The number of fused-ring (bicyclic) bond motifs is 2. The van der Waals surface area contributed by atoms with Gasteiger partial charge >= 0.3 is 0 Å². The molecule has 7 heterocycles. The SMILES string of the molecule is COc1cncc(-c2nc3cc(F)cc(F)c3c(Cl)c2C)c1.COc1cncc(-c2nc3cc(F)cc(F)c3c(Nc3cc(N4CCOCC4)cnc3N3CCOCC3)c2C)c1. The van der Waals surface area contributed by atoms with Crippen molar-refractivity contribution in [3.63, 3.8) is 0 Å². The molecule has 17 heteroatoms. The number of hydrogen-bond acceptors (Lipinski definition) is 12. The Kier molecular flexibility index (Phi) is 12.5. The van der Waals surface area contributed by atoms with Crippen LogP contribution in [0, 0.1) is 37.1 Å². The van der Waals surface area contributed by atoms with Crippen molar-refractivity contribution in [3.8, 4) is 34.0 Å². The number of rotatable bonds is 8. The molecule has 2 saturated heterocycles. The highest BCUT2D eigenvalue weighted by atomic mass is 35.5. The summed E-state index contributed by atoms with van der Waals surface area (Å²) in [4.78, 5) is 26.6. The van der Waals surface area contributed by atoms with Crippen molar-refractivity contribution in [1.29, 1.82) is 0 Å². The maximum atomic E-state index is 15.5. The normalized spacial score (nSPS) is 14.1. The largest absolute Gasteiger partial charge is 0.495 e. The topological polar surface area (TPSA) is 120 Å². The standard InChI is InChI=1S/C29H30F2N6O3.C16H11ClF2N2O/c1-18-27(19-11-22(38-2)17-32-15-19)34-24-13-20(30)12-23(31)26(24)28(18)35-25-14-21(36-3-7-39-8-4-36)16-33-29(25)37-5-9-40-10-6-37;1-8-15(17)14-12(19)4-10(18)5-13(14)21-16(8)9-3-11(22-2)7-20-6-9/h11-17H,3-10H2,1-2H3,(H,34,35);3-7H,1-2H3. The Labute approximate surface area is 359 Å². The average Bonchev–Trinajstić information content (AvgIpc) is 3.29. The fraction of sp³-hybridized carbons (Fsp3) is 0.267. The van der Waals surface area contributed by atoms with Gasteiger partial charge in [0.05, 0.1) is 115 Å². The Morgan fingerprint density at radius 1 is 0.629 bits per heavy atom. The lowest BCUT2D eigenvalue weighted by Gasteiger charge is -2.32. The number of nitrogens with one attached hydrogen (secondary N) is 1. The van der Waals surface area contributed by atoms with Gasteiger partial charge in [0.1, 0.15) is 34.8 Å². The Bertz CT molecular complexity index is 2790. The van der Waals surface area contributed by atoms with Crippen molar-refractivity contribution in [2.24, 2.45) is 0 Å². The van der Waals surface area contributed by atoms with Crippen LogP contribution in [0.4, 0.5) is 40.4 Å². The molecule has 5 aromatic heterocycles. The van der Waals surface area contributed by atoms with Crippen LogP contribution in [0.2, 0.25) is 5.02 Å². The third-order valence-electron chi connectivity index (χ3n) is 10.7. The zero-order chi connectivity index (χ0) is 43.5. The highest BCUT2D eigenvalue weighted by Crippen LogP contribution is 2.41. The summed E-state index contributed by atoms with van der Waals surface area (Å²) in [5.41, 5.74) is 6.11. The first-order valence-corrected chi connectivity index (χ1v) is 20.1. The Morgan fingerprint density at radius 2 is 1.15 bits per heavy atom. The predicted octanol–water partition coefficient (Wildman–Crippen LogP) is 9.25. The molecule has 2 fully saturated rings. The van der Waals surface area contributed by atoms with Gasteiger partial charge in [0.15, 0.2) is 5.82 Å². The summed E-state index contributed by atoms with van der Waals surface area (Å²) < 4.78 is 78.8. The molecule has 1 N–H and O–H groups in total. The van der Waals surface area contributed by atoms with Crippen LogP contribution in [0.5, 0.6) is 11.5 Å². The minimum Gasteiger partial charge on any atom is -0.495 e. The summed E-state index contributed by atoms with van der Waals surface area (Å²) in [5, 5.41) is 4.02. The maximum Gasteiger partial charge on any atom is 0.152 e. The van der Waals surface area contributed by atoms with E-state index >= 15 is 4.39 Å². The first-order valence-electron chi connectivity index (χ1n) is 19.7. The van der Waals surface area contributed by atoms with Crippen molar-refractivity contribution in [3.05, 3.63) is 113 Å². The van der Waals surface area contributed by atoms with Crippen molar-refractivity contribution in [1.82, 2.24) is 24.9 Å². The van der Waals surface area contributed by atoms with Crippen LogP contribution in [0.3, 0.4) is 0 Å². The lowest BCUT2D eigenvalue weighted by molar-refractivity contribution is 0.122. The fourth-order valence-electron chi connectivity index (χ4n) is 7.50. The van der Waals surface area contributed by atoms with Gasteiger partial charge in [-0.05, 0) is 43.2 Å². The highest BCUT2D eigenvalue weighted by Gasteiger charge is 2.24. The molecular formula is C45H41ClF4N8O4. The van der Waals surface area contributed by atoms with Crippen LogP contribution in [-0.4, -0.2) is 91.7 Å². The van der Waals surface area contributed by atoms with Crippen LogP contribution in [0.1, 0.15) is 11.1 Å². The molecule has 0 saturated carbocycles. The van der Waals surface area contributed by atoms with E-state index in [4.69, 9.17) is 35.5 Å². The first-order chi connectivity index (χ1) is 30.0. The zero-order valence-electron chi connectivity index (χ0n) is 34.2. The van der Waals surface area contributed by atoms with Gasteiger partial charge in [-0.2, -0.15) is 0 Å². The van der Waals surface area contributed by atoms with E-state index in [1.807, 2.05) is 19.2 Å². The Hall–Kier alpha value is -6.36. The number of methoxy groups -OCH3 is 2. The quantitative estimate of drug-likeness (QED) is 0.147. The number of morpholine rings is 2. The summed E-state index contributed by atoms with van der Waals surface area (Å²) >= 11 is 6.26. The molecule has 9 rings (SSSR count). The van der Waals surface area contributed by atoms with Gasteiger partial charge < -0.3 is 34.1 Å². The maximum absolute atomic E-state index is 15.5. The molecule has 0 bridgehead atoms. The summed E-state index contributed by atoms with van der Waals surface area (Å²) in [6.07, 6.45) is 8.26. The number of nitrogens with zero attached hydrogens (tertiary/aromatic N) is 7. The lowest BCUT2D eigenvalue weighted by Crippen LogP contribution is -2.38. The van der Waals surface area contributed by atoms with Crippen LogP contribution >= 0.6 is 11.6 Å². The van der Waals surface area contributed by atoms with E-state index in [-0.39, 0.29) is 26.8 Å². The molecule has 2 aliphatic heterocycles. The van der Waals surface area contributed by atoms with Gasteiger partial charge in [-0.1, -0.05) is 11.6 Å². The van der Waals surface area contributed by atoms with Crippen molar-refractivity contribution in [2.75, 3.05) is 81.9 Å². The minimum absolute atomic E-state index is 0.111. The average molecular weight is 869 g/mol. The summed E-state index contributed by atoms with van der Waals surface area (Å²) in [5.74, 6) is -0.994. The Balaban J connectivity index is 0.000000203. The second kappa shape index (κ2) is 18.3. The number of benzene rings is 2. The van der Waals surface area contributed by atoms with E-state index in [1.165, 1.54) is 13.2 Å². The number of pyridine rings is 5. The second-order valence-corrected chi connectivity index (χ2v) is 14.9. The summed E-state index contributed by atoms with van der Waals surface area (Å²) in [7, 11) is 3.08. The molecule has 62 heavy (non-hydrogen) atoms. The second-order valence-electron chi connectivity index (χ2n) is 14.5. The first kappa shape index (κ1) is 42.3. The molecule has 0 aliphatic carbocycles. The number of ether oxygens (including phenoxy) is 4. The molecule has 12 nitrogen and oxygen atoms in total. The molecule has 2 aliphatic rings. The van der Waals surface area contributed by atoms with Crippen LogP contribution in [0.15, 0.2) is 73.4 Å². The molecule has 0 radical (unpaired) electrons. The number of anilines is 4. The minimum atomic E-state index is -0.731. The van der Waals surface area contributed by atoms with Gasteiger partial charge in [0, 0.05) is 74.0 Å². The molecular weight excluding hydrogens is 828 g/mol. The summed E-state index contributed by atoms with van der Waals surface area (Å²) in [6, 6.07) is 9.64. The van der Waals surface area contributed by atoms with Gasteiger partial charge in [0.25, 0.3) is 0 Å². The van der Waals surface area contributed by atoms with Crippen molar-refractivity contribution < 1.29 is 36.5 Å². The smallest absolute Gasteiger partial charge is 0.152 e. The molecule has 7 aromatic rings. The van der Waals surface area contributed by atoms with Crippen LogP contribution in [-0.2, 0) is 9.47 Å². The van der Waals surface area contributed by atoms with Gasteiger partial charge in [-0.3, -0.25) is 9.97 Å². The third-order valence-corrected chi connectivity index (χ3v) is 11.1. The number of halogens is 5. The fourth-order valence-corrected chi connectivity index (χ4v) is 7.78. The predicted molar refractivity (Wildman–Crippen MR) is 231 cm³/mol. The molecule has 0 amide bonds. The van der Waals surface area contributed by atoms with Crippen LogP contribution < -0.4 is 24.6 Å². The van der Waals surface area contributed by atoms with Crippen LogP contribution in [0.25, 0.3) is 44.3 Å². The van der Waals surface area contributed by atoms with Crippen molar-refractivity contribution in [2.45, 2.75) is 13.8 Å². The van der Waals surface area contributed by atoms with Gasteiger partial charge in [-0.15, -0.1) is 0 Å². The van der Waals surface area contributed by atoms with Crippen molar-refractivity contribution >= 4 is 56.3 Å². The van der Waals surface area contributed by atoms with E-state index in [0.717, 1.165) is 42.8 Å². The van der Waals surface area contributed by atoms with E-state index in [1.54, 1.807) is 51.0 Å². The van der Waals surface area contributed by atoms with Gasteiger partial charge in [-0.25, -0.2) is 32.5 Å². The molecule has 2 aromatic carbocycles. The molecule has 320 valence electrons. The van der Waals surface area contributed by atoms with E-state index in [2.05, 4.69) is 35.1 Å². The highest BCUT2D eigenvalue weighted by molar-refractivity contribution is 6.36. The van der Waals surface area contributed by atoms with E-state index in [0.29, 0.717) is 96.0 Å². The van der Waals surface area contributed by atoms with E-state index in [9.17, 15) is 13.2 Å². The van der Waals surface area contributed by atoms with Gasteiger partial charge in [0.2, 0.25) is 0 Å². The summed E-state index contributed by atoms with van der Waals surface area (Å²) in [6.45, 7) is 8.88. The number of hydrogen-bond donors (Lipinski definition) is 1. The zero-order valence-corrected chi connectivity index (χ0v) is 35.0. The lowest BCUT2D eigenvalue weighted by atomic mass is 10.0. The molecule has 0 spiro atoms.